The lowest BCUT2D eigenvalue weighted by molar-refractivity contribution is 0.194. The summed E-state index contributed by atoms with van der Waals surface area (Å²) in [6, 6.07) is 9.12. The van der Waals surface area contributed by atoms with Crippen LogP contribution in [-0.2, 0) is 6.54 Å². The first kappa shape index (κ1) is 22.4. The maximum absolute atomic E-state index is 6.68. The van der Waals surface area contributed by atoms with Crippen LogP contribution in [-0.4, -0.2) is 42.0 Å². The average molecular weight is 549 g/mol. The summed E-state index contributed by atoms with van der Waals surface area (Å²) in [5, 5.41) is 1.86. The third-order valence-electron chi connectivity index (χ3n) is 5.42. The number of fused-ring (bicyclic) bond motifs is 1. The van der Waals surface area contributed by atoms with Crippen molar-refractivity contribution in [1.82, 2.24) is 24.5 Å². The number of nitrogens with zero attached hydrogens (tertiary/aromatic N) is 5. The molecule has 1 aliphatic rings. The molecule has 3 heterocycles. The highest BCUT2D eigenvalue weighted by Crippen LogP contribution is 2.41. The second-order valence-corrected chi connectivity index (χ2v) is 9.71. The minimum absolute atomic E-state index is 0.203. The van der Waals surface area contributed by atoms with Crippen molar-refractivity contribution >= 4 is 50.3 Å². The van der Waals surface area contributed by atoms with Gasteiger partial charge in [-0.15, -0.1) is 0 Å². The predicted molar refractivity (Wildman–Crippen MR) is 132 cm³/mol. The lowest BCUT2D eigenvalue weighted by Crippen LogP contribution is -2.13. The van der Waals surface area contributed by atoms with Crippen LogP contribution in [0.1, 0.15) is 25.5 Å². The van der Waals surface area contributed by atoms with Gasteiger partial charge in [0.15, 0.2) is 11.2 Å². The number of benzene rings is 1. The number of halogens is 3. The Balaban J connectivity index is 1.64. The molecule has 0 unspecified atom stereocenters. The molecule has 0 aliphatic heterocycles. The van der Waals surface area contributed by atoms with Gasteiger partial charge in [0.25, 0.3) is 0 Å². The summed E-state index contributed by atoms with van der Waals surface area (Å²) in [5.74, 6) is 1.79. The molecule has 5 rings (SSSR count). The summed E-state index contributed by atoms with van der Waals surface area (Å²) in [5.41, 5.74) is 2.53. The summed E-state index contributed by atoms with van der Waals surface area (Å²) < 4.78 is 13.8. The van der Waals surface area contributed by atoms with Gasteiger partial charge in [-0.3, -0.25) is 4.98 Å². The summed E-state index contributed by atoms with van der Waals surface area (Å²) in [7, 11) is 0. The molecule has 1 aromatic carbocycles. The van der Waals surface area contributed by atoms with Crippen LogP contribution in [0.4, 0.5) is 0 Å². The first-order valence-electron chi connectivity index (χ1n) is 10.5. The van der Waals surface area contributed by atoms with E-state index in [2.05, 4.69) is 37.8 Å². The summed E-state index contributed by atoms with van der Waals surface area (Å²) in [6.45, 7) is 3.01. The van der Waals surface area contributed by atoms with Gasteiger partial charge in [0.2, 0.25) is 5.88 Å². The fraction of sp³-hybridized carbons (Fsp3) is 0.304. The Kier molecular flexibility index (Phi) is 6.16. The zero-order valence-corrected chi connectivity index (χ0v) is 20.9. The van der Waals surface area contributed by atoms with Crippen molar-refractivity contribution in [1.29, 1.82) is 0 Å². The van der Waals surface area contributed by atoms with Crippen molar-refractivity contribution in [3.63, 3.8) is 0 Å². The predicted octanol–water partition coefficient (Wildman–Crippen LogP) is 5.95. The van der Waals surface area contributed by atoms with Crippen molar-refractivity contribution in [3.8, 4) is 23.0 Å². The van der Waals surface area contributed by atoms with Crippen LogP contribution in [0.3, 0.4) is 0 Å². The minimum Gasteiger partial charge on any atom is -0.493 e. The lowest BCUT2D eigenvalue weighted by Gasteiger charge is -2.12. The molecular formula is C23H20BrCl2N5O2. The van der Waals surface area contributed by atoms with E-state index in [0.717, 1.165) is 29.4 Å². The average Bonchev–Trinajstić information content (AvgIpc) is 3.41. The fourth-order valence-electron chi connectivity index (χ4n) is 3.48. The Morgan fingerprint density at radius 1 is 1.12 bits per heavy atom. The van der Waals surface area contributed by atoms with E-state index in [-0.39, 0.29) is 5.60 Å². The number of hydrogen-bond acceptors (Lipinski definition) is 6. The van der Waals surface area contributed by atoms with Gasteiger partial charge in [0, 0.05) is 22.1 Å². The normalized spacial score (nSPS) is 14.4. The van der Waals surface area contributed by atoms with Gasteiger partial charge in [0.1, 0.15) is 23.5 Å². The van der Waals surface area contributed by atoms with Crippen molar-refractivity contribution in [2.75, 3.05) is 11.9 Å². The zero-order chi connectivity index (χ0) is 23.0. The molecule has 0 radical (unpaired) electrons. The van der Waals surface area contributed by atoms with Crippen LogP contribution in [0.15, 0.2) is 42.9 Å². The molecule has 0 atom stereocenters. The second kappa shape index (κ2) is 9.08. The van der Waals surface area contributed by atoms with E-state index in [1.54, 1.807) is 18.3 Å². The molecule has 0 saturated heterocycles. The Morgan fingerprint density at radius 3 is 2.70 bits per heavy atom. The van der Waals surface area contributed by atoms with E-state index in [1.165, 1.54) is 6.33 Å². The largest absolute Gasteiger partial charge is 0.493 e. The number of rotatable bonds is 8. The zero-order valence-electron chi connectivity index (χ0n) is 17.8. The van der Waals surface area contributed by atoms with Crippen molar-refractivity contribution in [3.05, 3.63) is 58.6 Å². The van der Waals surface area contributed by atoms with Gasteiger partial charge in [0.05, 0.1) is 23.9 Å². The smallest absolute Gasteiger partial charge is 0.245 e. The molecule has 3 aromatic heterocycles. The van der Waals surface area contributed by atoms with Gasteiger partial charge in [-0.05, 0) is 50.1 Å². The quantitative estimate of drug-likeness (QED) is 0.253. The molecule has 170 valence electrons. The van der Waals surface area contributed by atoms with Crippen LogP contribution in [0.2, 0.25) is 10.0 Å². The Labute approximate surface area is 209 Å². The third kappa shape index (κ3) is 4.78. The first-order valence-corrected chi connectivity index (χ1v) is 12.3. The van der Waals surface area contributed by atoms with Gasteiger partial charge in [-0.2, -0.15) is 4.98 Å². The number of imidazole rings is 1. The Bertz CT molecular complexity index is 1330. The standard InChI is InChI=1S/C23H20BrCl2N5O2/c1-23(5-6-23)33-22-19-21(28-13-29-22)31(12-15-10-14(25)4-8-27-15)20(30-19)17-3-2-16(11-18(17)26)32-9-7-24/h2-4,8,10-11,13H,5-7,9,12H2,1H3. The van der Waals surface area contributed by atoms with E-state index in [4.69, 9.17) is 37.7 Å². The Morgan fingerprint density at radius 2 is 1.97 bits per heavy atom. The van der Waals surface area contributed by atoms with Crippen molar-refractivity contribution < 1.29 is 9.47 Å². The van der Waals surface area contributed by atoms with E-state index >= 15 is 0 Å². The van der Waals surface area contributed by atoms with Gasteiger partial charge < -0.3 is 14.0 Å². The summed E-state index contributed by atoms with van der Waals surface area (Å²) >= 11 is 16.2. The van der Waals surface area contributed by atoms with E-state index in [0.29, 0.717) is 51.8 Å². The van der Waals surface area contributed by atoms with E-state index in [1.807, 2.05) is 22.8 Å². The van der Waals surface area contributed by atoms with Crippen LogP contribution >= 0.6 is 39.1 Å². The van der Waals surface area contributed by atoms with Gasteiger partial charge in [-0.1, -0.05) is 39.1 Å². The molecule has 0 amide bonds. The summed E-state index contributed by atoms with van der Waals surface area (Å²) in [6.07, 6.45) is 5.15. The molecule has 1 fully saturated rings. The molecule has 0 N–H and O–H groups in total. The molecule has 1 aliphatic carbocycles. The van der Waals surface area contributed by atoms with Crippen LogP contribution in [0.25, 0.3) is 22.6 Å². The molecule has 0 bridgehead atoms. The van der Waals surface area contributed by atoms with Crippen LogP contribution in [0.5, 0.6) is 11.6 Å². The molecule has 7 nitrogen and oxygen atoms in total. The van der Waals surface area contributed by atoms with E-state index in [9.17, 15) is 0 Å². The lowest BCUT2D eigenvalue weighted by atomic mass is 10.2. The highest BCUT2D eigenvalue weighted by molar-refractivity contribution is 9.09. The highest BCUT2D eigenvalue weighted by Gasteiger charge is 2.41. The molecule has 1 saturated carbocycles. The SMILES string of the molecule is CC1(Oc2ncnc3c2nc(-c2ccc(OCCBr)cc2Cl)n3Cc2cc(Cl)ccn2)CC1. The van der Waals surface area contributed by atoms with Crippen LogP contribution < -0.4 is 9.47 Å². The molecule has 0 spiro atoms. The summed E-state index contributed by atoms with van der Waals surface area (Å²) in [4.78, 5) is 18.2. The van der Waals surface area contributed by atoms with Crippen molar-refractivity contribution in [2.45, 2.75) is 31.9 Å². The maximum atomic E-state index is 6.68. The number of ether oxygens (including phenoxy) is 2. The minimum atomic E-state index is -0.203. The first-order chi connectivity index (χ1) is 16.0. The molecule has 33 heavy (non-hydrogen) atoms. The Hall–Kier alpha value is -2.42. The molecule has 10 heteroatoms. The van der Waals surface area contributed by atoms with Crippen LogP contribution in [0, 0.1) is 0 Å². The fourth-order valence-corrected chi connectivity index (χ4v) is 4.08. The molecular weight excluding hydrogens is 529 g/mol. The van der Waals surface area contributed by atoms with Gasteiger partial charge >= 0.3 is 0 Å². The third-order valence-corrected chi connectivity index (χ3v) is 6.29. The highest BCUT2D eigenvalue weighted by atomic mass is 79.9. The maximum Gasteiger partial charge on any atom is 0.245 e. The number of aromatic nitrogens is 5. The van der Waals surface area contributed by atoms with E-state index < -0.39 is 0 Å². The number of pyridine rings is 1. The molecule has 4 aromatic rings. The monoisotopic (exact) mass is 547 g/mol. The topological polar surface area (TPSA) is 75.0 Å². The number of alkyl halides is 1. The number of hydrogen-bond donors (Lipinski definition) is 0. The van der Waals surface area contributed by atoms with Crippen molar-refractivity contribution in [2.24, 2.45) is 0 Å². The van der Waals surface area contributed by atoms with Gasteiger partial charge in [-0.25, -0.2) is 9.97 Å². The second-order valence-electron chi connectivity index (χ2n) is 8.07.